The molecule has 0 aromatic rings. The largest absolute Gasteiger partial charge is 0.432 e. The molecule has 0 heterocycles. The Hall–Kier alpha value is -0.260. The molecular weight excluding hydrogens is 300 g/mol. The van der Waals surface area contributed by atoms with Crippen molar-refractivity contribution < 1.29 is 18.5 Å². The zero-order chi connectivity index (χ0) is 17.8. The molecule has 22 heavy (non-hydrogen) atoms. The Morgan fingerprint density at radius 2 is 1.45 bits per heavy atom. The van der Waals surface area contributed by atoms with E-state index in [1.807, 2.05) is 34.6 Å². The lowest BCUT2D eigenvalue weighted by atomic mass is 9.76. The predicted octanol–water partition coefficient (Wildman–Crippen LogP) is 4.77. The average Bonchev–Trinajstić information content (AvgIpc) is 2.23. The molecule has 132 valence electrons. The van der Waals surface area contributed by atoms with Gasteiger partial charge in [0.05, 0.1) is 17.6 Å². The van der Waals surface area contributed by atoms with Gasteiger partial charge in [0.1, 0.15) is 0 Å². The highest BCUT2D eigenvalue weighted by molar-refractivity contribution is 7.75. The highest BCUT2D eigenvalue weighted by Gasteiger charge is 2.39. The predicted molar refractivity (Wildman–Crippen MR) is 92.7 cm³/mol. The number of hydrogen-bond donors (Lipinski definition) is 1. The molecule has 0 rings (SSSR count). The maximum atomic E-state index is 12.5. The van der Waals surface area contributed by atoms with Crippen LogP contribution in [0.1, 0.15) is 75.2 Å². The molecule has 5 heteroatoms. The summed E-state index contributed by atoms with van der Waals surface area (Å²) in [5, 5.41) is 0. The molecule has 0 aromatic heterocycles. The van der Waals surface area contributed by atoms with E-state index < -0.39 is 11.2 Å². The number of rotatable bonds is 7. The molecule has 0 saturated heterocycles. The normalized spacial score (nSPS) is 16.3. The number of ether oxygens (including phenoxy) is 2. The minimum atomic E-state index is -1.10. The van der Waals surface area contributed by atoms with Crippen molar-refractivity contribution in [1.29, 1.82) is 0 Å². The number of esters is 1. The fraction of sp³-hybridized carbons (Fsp3) is 0.941. The molecule has 1 atom stereocenters. The van der Waals surface area contributed by atoms with Crippen LogP contribution in [0.4, 0.5) is 0 Å². The summed E-state index contributed by atoms with van der Waals surface area (Å²) in [5.74, 6) is -1.38. The first-order valence-corrected chi connectivity index (χ1v) is 8.17. The van der Waals surface area contributed by atoms with E-state index in [4.69, 9.17) is 13.7 Å². The van der Waals surface area contributed by atoms with Crippen LogP contribution in [0.5, 0.6) is 0 Å². The minimum Gasteiger partial charge on any atom is -0.432 e. The third kappa shape index (κ3) is 9.01. The Balaban J connectivity index is 4.73. The third-order valence-electron chi connectivity index (χ3n) is 3.12. The molecule has 0 aliphatic carbocycles. The number of carbonyl (C=O) groups is 1. The van der Waals surface area contributed by atoms with Crippen LogP contribution in [0.25, 0.3) is 0 Å². The smallest absolute Gasteiger partial charge is 0.314 e. The Bertz CT molecular complexity index is 366. The molecule has 0 radical (unpaired) electrons. The first-order valence-electron chi connectivity index (χ1n) is 7.80. The van der Waals surface area contributed by atoms with Crippen molar-refractivity contribution >= 4 is 18.9 Å². The maximum Gasteiger partial charge on any atom is 0.314 e. The summed E-state index contributed by atoms with van der Waals surface area (Å²) in [5.41, 5.74) is -0.792. The molecule has 1 unspecified atom stereocenters. The van der Waals surface area contributed by atoms with Crippen LogP contribution in [-0.4, -0.2) is 24.0 Å². The van der Waals surface area contributed by atoms with Crippen LogP contribution >= 0.6 is 12.9 Å². The van der Waals surface area contributed by atoms with Gasteiger partial charge in [-0.1, -0.05) is 20.8 Å². The fourth-order valence-electron chi connectivity index (χ4n) is 2.39. The summed E-state index contributed by atoms with van der Waals surface area (Å²) in [4.78, 5) is 12.5. The van der Waals surface area contributed by atoms with Gasteiger partial charge >= 0.3 is 5.97 Å². The maximum absolute atomic E-state index is 12.5. The highest BCUT2D eigenvalue weighted by atomic mass is 32.1. The monoisotopic (exact) mass is 334 g/mol. The Labute approximate surface area is 141 Å². The van der Waals surface area contributed by atoms with E-state index in [0.29, 0.717) is 13.0 Å². The summed E-state index contributed by atoms with van der Waals surface area (Å²) in [6.45, 7) is 18.2. The van der Waals surface area contributed by atoms with Crippen molar-refractivity contribution in [2.24, 2.45) is 10.8 Å². The van der Waals surface area contributed by atoms with Gasteiger partial charge in [0.15, 0.2) is 0 Å². The highest BCUT2D eigenvalue weighted by Crippen LogP contribution is 2.36. The van der Waals surface area contributed by atoms with Crippen LogP contribution in [0.15, 0.2) is 0 Å². The van der Waals surface area contributed by atoms with E-state index in [1.165, 1.54) is 0 Å². The van der Waals surface area contributed by atoms with Gasteiger partial charge in [-0.05, 0) is 59.4 Å². The van der Waals surface area contributed by atoms with E-state index in [2.05, 4.69) is 33.7 Å². The molecule has 0 amide bonds. The van der Waals surface area contributed by atoms with Crippen molar-refractivity contribution in [2.75, 3.05) is 6.61 Å². The zero-order valence-electron chi connectivity index (χ0n) is 15.7. The van der Waals surface area contributed by atoms with Crippen LogP contribution in [0.2, 0.25) is 0 Å². The van der Waals surface area contributed by atoms with Crippen LogP contribution in [0.3, 0.4) is 0 Å². The lowest BCUT2D eigenvalue weighted by Crippen LogP contribution is -2.41. The van der Waals surface area contributed by atoms with Gasteiger partial charge in [-0.25, -0.2) is 0 Å². The van der Waals surface area contributed by atoms with Gasteiger partial charge in [-0.3, -0.25) is 8.98 Å². The second kappa shape index (κ2) is 7.54. The van der Waals surface area contributed by atoms with E-state index in [9.17, 15) is 4.79 Å². The van der Waals surface area contributed by atoms with Gasteiger partial charge in [0.2, 0.25) is 5.79 Å². The first-order chi connectivity index (χ1) is 9.60. The van der Waals surface area contributed by atoms with Crippen LogP contribution < -0.4 is 0 Å². The summed E-state index contributed by atoms with van der Waals surface area (Å²) < 4.78 is 16.4. The van der Waals surface area contributed by atoms with Crippen molar-refractivity contribution in [1.82, 2.24) is 0 Å². The molecule has 0 aliphatic heterocycles. The molecule has 0 aliphatic rings. The van der Waals surface area contributed by atoms with Gasteiger partial charge in [0, 0.05) is 13.3 Å². The average molecular weight is 335 g/mol. The summed E-state index contributed by atoms with van der Waals surface area (Å²) in [6, 6.07) is 0. The number of carbonyl (C=O) groups excluding carboxylic acids is 1. The second-order valence-corrected chi connectivity index (χ2v) is 9.13. The lowest BCUT2D eigenvalue weighted by molar-refractivity contribution is -0.205. The Kier molecular flexibility index (Phi) is 7.45. The Morgan fingerprint density at radius 3 is 1.82 bits per heavy atom. The SMILES string of the molecule is CC(C)(C)CC(C)(C)C(=O)OC(C)(CCOC(C)(C)C)OS. The van der Waals surface area contributed by atoms with E-state index in [1.54, 1.807) is 6.92 Å². The van der Waals surface area contributed by atoms with Crippen LogP contribution in [-0.2, 0) is 18.5 Å². The molecule has 0 bridgehead atoms. The van der Waals surface area contributed by atoms with Crippen molar-refractivity contribution in [3.8, 4) is 0 Å². The van der Waals surface area contributed by atoms with Crippen molar-refractivity contribution in [3.05, 3.63) is 0 Å². The summed E-state index contributed by atoms with van der Waals surface area (Å²) in [6.07, 6.45) is 1.14. The number of hydrogen-bond acceptors (Lipinski definition) is 5. The van der Waals surface area contributed by atoms with E-state index in [-0.39, 0.29) is 17.0 Å². The fourth-order valence-corrected chi connectivity index (χ4v) is 2.52. The van der Waals surface area contributed by atoms with Gasteiger partial charge in [-0.2, -0.15) is 0 Å². The topological polar surface area (TPSA) is 44.8 Å². The molecule has 0 aromatic carbocycles. The lowest BCUT2D eigenvalue weighted by Gasteiger charge is -2.35. The minimum absolute atomic E-state index is 0.0378. The van der Waals surface area contributed by atoms with Gasteiger partial charge in [-0.15, -0.1) is 0 Å². The summed E-state index contributed by atoms with van der Waals surface area (Å²) in [7, 11) is 0. The quantitative estimate of drug-likeness (QED) is 0.315. The molecule has 0 saturated carbocycles. The molecule has 4 nitrogen and oxygen atoms in total. The molecule has 0 N–H and O–H groups in total. The number of thiol groups is 1. The molecular formula is C17H34O4S. The van der Waals surface area contributed by atoms with Gasteiger partial charge < -0.3 is 9.47 Å². The standard InChI is InChI=1S/C17H34O4S/c1-14(2,3)12-16(7,8)13(18)20-17(9,21-22)10-11-19-15(4,5)6/h22H,10-12H2,1-9H3. The molecule has 0 fully saturated rings. The third-order valence-corrected chi connectivity index (χ3v) is 3.50. The second-order valence-electron chi connectivity index (χ2n) is 8.95. The first kappa shape index (κ1) is 21.7. The Morgan fingerprint density at radius 1 is 0.955 bits per heavy atom. The zero-order valence-corrected chi connectivity index (χ0v) is 16.6. The van der Waals surface area contributed by atoms with Gasteiger partial charge in [0.25, 0.3) is 0 Å². The molecule has 0 spiro atoms. The van der Waals surface area contributed by atoms with Crippen molar-refractivity contribution in [2.45, 2.75) is 86.5 Å². The van der Waals surface area contributed by atoms with Crippen LogP contribution in [0, 0.1) is 10.8 Å². The summed E-state index contributed by atoms with van der Waals surface area (Å²) >= 11 is 3.87. The van der Waals surface area contributed by atoms with Crippen molar-refractivity contribution in [3.63, 3.8) is 0 Å². The van der Waals surface area contributed by atoms with E-state index >= 15 is 0 Å². The van der Waals surface area contributed by atoms with E-state index in [0.717, 1.165) is 6.42 Å².